The highest BCUT2D eigenvalue weighted by Crippen LogP contribution is 2.48. The van der Waals surface area contributed by atoms with Crippen molar-refractivity contribution in [1.82, 2.24) is 10.6 Å². The van der Waals surface area contributed by atoms with Crippen LogP contribution in [0.25, 0.3) is 0 Å². The monoisotopic (exact) mass is 491 g/mol. The highest BCUT2D eigenvalue weighted by Gasteiger charge is 2.56. The molecule has 2 N–H and O–H groups in total. The SMILES string of the molecule is CNC(=O)[C@H]1OC[C@]2(c3cc(Br)ccc3F)N=C(NC(=O)c3ccccc3)SC[C@H]12. The summed E-state index contributed by atoms with van der Waals surface area (Å²) in [5.74, 6) is -0.952. The third-order valence-corrected chi connectivity index (χ3v) is 6.80. The summed E-state index contributed by atoms with van der Waals surface area (Å²) >= 11 is 4.71. The fraction of sp³-hybridized carbons (Fsp3) is 0.286. The molecule has 0 aliphatic carbocycles. The fourth-order valence-electron chi connectivity index (χ4n) is 3.80. The highest BCUT2D eigenvalue weighted by atomic mass is 79.9. The number of benzene rings is 2. The second-order valence-electron chi connectivity index (χ2n) is 7.05. The zero-order valence-corrected chi connectivity index (χ0v) is 18.4. The number of amides is 2. The second-order valence-corrected chi connectivity index (χ2v) is 8.97. The number of carbonyl (C=O) groups is 2. The summed E-state index contributed by atoms with van der Waals surface area (Å²) in [5.41, 5.74) is -0.285. The molecule has 2 aliphatic heterocycles. The third kappa shape index (κ3) is 3.77. The number of hydrogen-bond acceptors (Lipinski definition) is 5. The van der Waals surface area contributed by atoms with Gasteiger partial charge in [-0.3, -0.25) is 9.59 Å². The zero-order chi connectivity index (χ0) is 21.3. The molecule has 2 aromatic rings. The normalized spacial score (nSPS) is 25.2. The first-order valence-corrected chi connectivity index (χ1v) is 11.1. The van der Waals surface area contributed by atoms with E-state index in [1.807, 2.05) is 6.07 Å². The van der Waals surface area contributed by atoms with E-state index in [4.69, 9.17) is 9.73 Å². The van der Waals surface area contributed by atoms with Crippen LogP contribution in [0.4, 0.5) is 4.39 Å². The van der Waals surface area contributed by atoms with Crippen LogP contribution in [0.3, 0.4) is 0 Å². The number of hydrogen-bond donors (Lipinski definition) is 2. The van der Waals surface area contributed by atoms with Gasteiger partial charge in [-0.1, -0.05) is 45.9 Å². The Kier molecular flexibility index (Phi) is 5.95. The molecule has 2 heterocycles. The molecule has 156 valence electrons. The van der Waals surface area contributed by atoms with Crippen LogP contribution < -0.4 is 10.6 Å². The van der Waals surface area contributed by atoms with Crippen molar-refractivity contribution in [2.24, 2.45) is 10.9 Å². The summed E-state index contributed by atoms with van der Waals surface area (Å²) in [7, 11) is 1.54. The Morgan fingerprint density at radius 2 is 2.03 bits per heavy atom. The van der Waals surface area contributed by atoms with Crippen molar-refractivity contribution in [1.29, 1.82) is 0 Å². The summed E-state index contributed by atoms with van der Waals surface area (Å²) in [6.07, 6.45) is -0.754. The molecular formula is C21H19BrFN3O3S. The molecule has 6 nitrogen and oxygen atoms in total. The number of carbonyl (C=O) groups excluding carboxylic acids is 2. The Hall–Kier alpha value is -2.23. The molecule has 9 heteroatoms. The molecule has 30 heavy (non-hydrogen) atoms. The summed E-state index contributed by atoms with van der Waals surface area (Å²) < 4.78 is 21.4. The van der Waals surface area contributed by atoms with Gasteiger partial charge in [-0.2, -0.15) is 0 Å². The predicted octanol–water partition coefficient (Wildman–Crippen LogP) is 3.08. The van der Waals surface area contributed by atoms with Crippen LogP contribution in [0.2, 0.25) is 0 Å². The van der Waals surface area contributed by atoms with E-state index in [2.05, 4.69) is 26.6 Å². The number of nitrogens with one attached hydrogen (secondary N) is 2. The first kappa shape index (κ1) is 21.0. The highest BCUT2D eigenvalue weighted by molar-refractivity contribution is 9.10. The topological polar surface area (TPSA) is 79.8 Å². The summed E-state index contributed by atoms with van der Waals surface area (Å²) in [6.45, 7) is 0.0361. The Morgan fingerprint density at radius 1 is 1.27 bits per heavy atom. The lowest BCUT2D eigenvalue weighted by Gasteiger charge is -2.36. The van der Waals surface area contributed by atoms with E-state index in [1.54, 1.807) is 36.4 Å². The average Bonchev–Trinajstić information content (AvgIpc) is 3.15. The summed E-state index contributed by atoms with van der Waals surface area (Å²) in [4.78, 5) is 29.7. The van der Waals surface area contributed by atoms with Gasteiger partial charge in [-0.15, -0.1) is 0 Å². The van der Waals surface area contributed by atoms with Crippen molar-refractivity contribution in [2.75, 3.05) is 19.4 Å². The van der Waals surface area contributed by atoms with Gasteiger partial charge in [0.15, 0.2) is 5.17 Å². The Labute approximate surface area is 185 Å². The van der Waals surface area contributed by atoms with Gasteiger partial charge >= 0.3 is 0 Å². The number of thioether (sulfide) groups is 1. The first-order valence-electron chi connectivity index (χ1n) is 9.32. The molecule has 0 aromatic heterocycles. The zero-order valence-electron chi connectivity index (χ0n) is 16.0. The molecule has 2 aliphatic rings. The van der Waals surface area contributed by atoms with E-state index in [1.165, 1.54) is 24.9 Å². The molecule has 1 saturated heterocycles. The van der Waals surface area contributed by atoms with E-state index in [9.17, 15) is 14.0 Å². The fourth-order valence-corrected chi connectivity index (χ4v) is 5.34. The number of aliphatic imine (C=N–C) groups is 1. The number of nitrogens with zero attached hydrogens (tertiary/aromatic N) is 1. The maximum Gasteiger partial charge on any atom is 0.257 e. The van der Waals surface area contributed by atoms with Gasteiger partial charge in [0, 0.05) is 34.3 Å². The molecule has 0 saturated carbocycles. The molecule has 0 unspecified atom stereocenters. The largest absolute Gasteiger partial charge is 0.365 e. The van der Waals surface area contributed by atoms with Gasteiger partial charge in [-0.25, -0.2) is 9.38 Å². The molecule has 0 spiro atoms. The quantitative estimate of drug-likeness (QED) is 0.691. The van der Waals surface area contributed by atoms with Gasteiger partial charge in [0.05, 0.1) is 6.61 Å². The van der Waals surface area contributed by atoms with Gasteiger partial charge in [-0.05, 0) is 30.3 Å². The standard InChI is InChI=1S/C21H19BrFN3O3S/c1-24-19(28)17-15-10-30-20(25-18(27)12-5-3-2-4-6-12)26-21(15,11-29-17)14-9-13(22)7-8-16(14)23/h2-9,15,17H,10-11H2,1H3,(H,24,28)(H,25,26,27)/t15-,17+,21-/m1/s1. The molecule has 4 rings (SSSR count). The smallest absolute Gasteiger partial charge is 0.257 e. The Morgan fingerprint density at radius 3 is 2.77 bits per heavy atom. The predicted molar refractivity (Wildman–Crippen MR) is 117 cm³/mol. The van der Waals surface area contributed by atoms with Crippen LogP contribution in [0.5, 0.6) is 0 Å². The van der Waals surface area contributed by atoms with Crippen molar-refractivity contribution < 1.29 is 18.7 Å². The van der Waals surface area contributed by atoms with Crippen molar-refractivity contribution >= 4 is 44.7 Å². The van der Waals surface area contributed by atoms with Crippen LogP contribution in [-0.4, -0.2) is 42.5 Å². The average molecular weight is 492 g/mol. The first-order chi connectivity index (χ1) is 14.4. The molecular weight excluding hydrogens is 473 g/mol. The number of halogens is 2. The van der Waals surface area contributed by atoms with E-state index in [0.29, 0.717) is 26.5 Å². The molecule has 0 radical (unpaired) electrons. The lowest BCUT2D eigenvalue weighted by atomic mass is 9.78. The van der Waals surface area contributed by atoms with E-state index >= 15 is 0 Å². The van der Waals surface area contributed by atoms with Gasteiger partial charge in [0.2, 0.25) is 5.91 Å². The van der Waals surface area contributed by atoms with Crippen LogP contribution in [0.1, 0.15) is 15.9 Å². The van der Waals surface area contributed by atoms with Crippen molar-refractivity contribution in [3.63, 3.8) is 0 Å². The molecule has 1 fully saturated rings. The van der Waals surface area contributed by atoms with Crippen LogP contribution in [0, 0.1) is 11.7 Å². The number of likely N-dealkylation sites (N-methyl/N-ethyl adjacent to an activating group) is 1. The maximum atomic E-state index is 14.9. The van der Waals surface area contributed by atoms with Gasteiger partial charge < -0.3 is 15.4 Å². The van der Waals surface area contributed by atoms with E-state index in [0.717, 1.165) is 0 Å². The molecule has 2 amide bonds. The summed E-state index contributed by atoms with van der Waals surface area (Å²) in [5, 5.41) is 5.80. The van der Waals surface area contributed by atoms with Crippen molar-refractivity contribution in [3.8, 4) is 0 Å². The number of ether oxygens (including phenoxy) is 1. The Bertz CT molecular complexity index is 1020. The number of fused-ring (bicyclic) bond motifs is 1. The number of amidine groups is 1. The molecule has 2 aromatic carbocycles. The minimum Gasteiger partial charge on any atom is -0.365 e. The van der Waals surface area contributed by atoms with Gasteiger partial charge in [0.25, 0.3) is 5.91 Å². The maximum absolute atomic E-state index is 14.9. The second kappa shape index (κ2) is 8.49. The lowest BCUT2D eigenvalue weighted by Crippen LogP contribution is -2.47. The van der Waals surface area contributed by atoms with E-state index < -0.39 is 17.5 Å². The van der Waals surface area contributed by atoms with E-state index in [-0.39, 0.29) is 24.3 Å². The summed E-state index contributed by atoms with van der Waals surface area (Å²) in [6, 6.07) is 13.4. The van der Waals surface area contributed by atoms with Crippen LogP contribution in [-0.2, 0) is 15.1 Å². The minimum absolute atomic E-state index is 0.0361. The third-order valence-electron chi connectivity index (χ3n) is 5.32. The molecule has 0 bridgehead atoms. The van der Waals surface area contributed by atoms with Crippen LogP contribution >= 0.6 is 27.7 Å². The van der Waals surface area contributed by atoms with Gasteiger partial charge in [0.1, 0.15) is 17.5 Å². The number of rotatable bonds is 3. The van der Waals surface area contributed by atoms with Crippen molar-refractivity contribution in [3.05, 3.63) is 69.9 Å². The van der Waals surface area contributed by atoms with Crippen molar-refractivity contribution in [2.45, 2.75) is 11.6 Å². The van der Waals surface area contributed by atoms with Crippen LogP contribution in [0.15, 0.2) is 58.0 Å². The minimum atomic E-state index is -1.12. The lowest BCUT2D eigenvalue weighted by molar-refractivity contribution is -0.130. The molecule has 3 atom stereocenters. The Balaban J connectivity index is 1.74.